The van der Waals surface area contributed by atoms with Crippen molar-refractivity contribution in [3.05, 3.63) is 29.8 Å². The number of ether oxygens (including phenoxy) is 1. The molecule has 0 unspecified atom stereocenters. The molecule has 1 aromatic rings. The van der Waals surface area contributed by atoms with Gasteiger partial charge >= 0.3 is 5.97 Å². The van der Waals surface area contributed by atoms with E-state index in [2.05, 4.69) is 6.92 Å². The maximum Gasteiger partial charge on any atom is 0.341 e. The maximum absolute atomic E-state index is 12.8. The lowest BCUT2D eigenvalue weighted by Gasteiger charge is -2.36. The van der Waals surface area contributed by atoms with E-state index in [0.717, 1.165) is 25.9 Å². The number of amides is 2. The first-order valence-electron chi connectivity index (χ1n) is 9.96. The first-order valence-corrected chi connectivity index (χ1v) is 9.96. The lowest BCUT2D eigenvalue weighted by atomic mass is 9.92. The number of nitrogens with zero attached hydrogens (tertiary/aromatic N) is 2. The van der Waals surface area contributed by atoms with E-state index < -0.39 is 12.6 Å². The summed E-state index contributed by atoms with van der Waals surface area (Å²) in [7, 11) is 0. The van der Waals surface area contributed by atoms with Crippen LogP contribution in [0.4, 0.5) is 0 Å². The second-order valence-electron chi connectivity index (χ2n) is 7.78. The number of carboxylic acid groups (broad SMARTS) is 1. The van der Waals surface area contributed by atoms with Crippen LogP contribution >= 0.6 is 0 Å². The van der Waals surface area contributed by atoms with Crippen LogP contribution in [0.2, 0.25) is 0 Å². The van der Waals surface area contributed by atoms with E-state index in [9.17, 15) is 14.4 Å². The molecule has 0 saturated carbocycles. The highest BCUT2D eigenvalue weighted by Crippen LogP contribution is 2.25. The predicted octanol–water partition coefficient (Wildman–Crippen LogP) is 2.26. The Bertz CT molecular complexity index is 719. The molecule has 2 fully saturated rings. The van der Waals surface area contributed by atoms with Crippen molar-refractivity contribution in [3.8, 4) is 5.75 Å². The molecule has 1 N–H and O–H groups in total. The molecular weight excluding hydrogens is 360 g/mol. The maximum atomic E-state index is 12.8. The molecule has 7 heteroatoms. The zero-order chi connectivity index (χ0) is 20.1. The number of aliphatic carboxylic acids is 1. The first-order chi connectivity index (χ1) is 13.4. The second-order valence-corrected chi connectivity index (χ2v) is 7.78. The molecule has 1 aromatic carbocycles. The standard InChI is InChI=1S/C21H28N2O5/c1-15-5-9-22(10-6-15)20(26)16-7-11-23(12-8-16)21(27)17-3-2-4-18(13-17)28-14-19(24)25/h2-4,13,15-16H,5-12,14H2,1H3,(H,24,25). The smallest absolute Gasteiger partial charge is 0.341 e. The molecule has 0 bridgehead atoms. The van der Waals surface area contributed by atoms with E-state index in [0.29, 0.717) is 43.2 Å². The Hall–Kier alpha value is -2.57. The highest BCUT2D eigenvalue weighted by Gasteiger charge is 2.31. The highest BCUT2D eigenvalue weighted by atomic mass is 16.5. The molecule has 2 heterocycles. The van der Waals surface area contributed by atoms with Crippen molar-refractivity contribution in [3.63, 3.8) is 0 Å². The Morgan fingerprint density at radius 3 is 2.32 bits per heavy atom. The van der Waals surface area contributed by atoms with Crippen LogP contribution in [0.25, 0.3) is 0 Å². The molecule has 2 saturated heterocycles. The van der Waals surface area contributed by atoms with Gasteiger partial charge in [0.15, 0.2) is 6.61 Å². The van der Waals surface area contributed by atoms with Gasteiger partial charge in [0.25, 0.3) is 5.91 Å². The zero-order valence-electron chi connectivity index (χ0n) is 16.3. The lowest BCUT2D eigenvalue weighted by Crippen LogP contribution is -2.46. The fourth-order valence-corrected chi connectivity index (χ4v) is 3.86. The quantitative estimate of drug-likeness (QED) is 0.836. The summed E-state index contributed by atoms with van der Waals surface area (Å²) in [6.45, 7) is 4.60. The number of carbonyl (C=O) groups is 3. The fourth-order valence-electron chi connectivity index (χ4n) is 3.86. The van der Waals surface area contributed by atoms with Crippen molar-refractivity contribution in [2.75, 3.05) is 32.8 Å². The second kappa shape index (κ2) is 9.08. The predicted molar refractivity (Wildman–Crippen MR) is 103 cm³/mol. The van der Waals surface area contributed by atoms with Crippen LogP contribution in [-0.2, 0) is 9.59 Å². The number of hydrogen-bond acceptors (Lipinski definition) is 4. The number of likely N-dealkylation sites (tertiary alicyclic amines) is 2. The van der Waals surface area contributed by atoms with Gasteiger partial charge in [0.1, 0.15) is 5.75 Å². The van der Waals surface area contributed by atoms with Gasteiger partial charge in [-0.1, -0.05) is 13.0 Å². The van der Waals surface area contributed by atoms with Crippen molar-refractivity contribution >= 4 is 17.8 Å². The SMILES string of the molecule is CC1CCN(C(=O)C2CCN(C(=O)c3cccc(OCC(=O)O)c3)CC2)CC1. The number of hydrogen-bond donors (Lipinski definition) is 1. The minimum atomic E-state index is -1.06. The molecule has 0 atom stereocenters. The molecule has 152 valence electrons. The summed E-state index contributed by atoms with van der Waals surface area (Å²) in [5, 5.41) is 8.70. The van der Waals surface area contributed by atoms with Crippen LogP contribution in [0.3, 0.4) is 0 Å². The zero-order valence-corrected chi connectivity index (χ0v) is 16.3. The van der Waals surface area contributed by atoms with Crippen LogP contribution in [0.15, 0.2) is 24.3 Å². The van der Waals surface area contributed by atoms with Crippen LogP contribution < -0.4 is 4.74 Å². The van der Waals surface area contributed by atoms with Gasteiger partial charge in [-0.05, 0) is 49.8 Å². The van der Waals surface area contributed by atoms with Crippen LogP contribution in [0.5, 0.6) is 5.75 Å². The first kappa shape index (κ1) is 20.2. The van der Waals surface area contributed by atoms with Gasteiger partial charge in [-0.15, -0.1) is 0 Å². The Morgan fingerprint density at radius 1 is 1.04 bits per heavy atom. The normalized spacial score (nSPS) is 18.8. The average molecular weight is 388 g/mol. The fraction of sp³-hybridized carbons (Fsp3) is 0.571. The van der Waals surface area contributed by atoms with Crippen molar-refractivity contribution in [2.24, 2.45) is 11.8 Å². The van der Waals surface area contributed by atoms with Crippen LogP contribution in [0.1, 0.15) is 43.0 Å². The molecular formula is C21H28N2O5. The molecule has 0 aliphatic carbocycles. The summed E-state index contributed by atoms with van der Waals surface area (Å²) in [6.07, 6.45) is 3.52. The van der Waals surface area contributed by atoms with E-state index in [1.165, 1.54) is 0 Å². The van der Waals surface area contributed by atoms with Crippen molar-refractivity contribution in [1.29, 1.82) is 0 Å². The number of carboxylic acids is 1. The summed E-state index contributed by atoms with van der Waals surface area (Å²) >= 11 is 0. The summed E-state index contributed by atoms with van der Waals surface area (Å²) in [5.41, 5.74) is 0.470. The van der Waals surface area contributed by atoms with E-state index in [-0.39, 0.29) is 17.7 Å². The average Bonchev–Trinajstić information content (AvgIpc) is 2.72. The minimum absolute atomic E-state index is 0.00249. The summed E-state index contributed by atoms with van der Waals surface area (Å²) in [5.74, 6) is 0.118. The summed E-state index contributed by atoms with van der Waals surface area (Å²) in [4.78, 5) is 39.9. The van der Waals surface area contributed by atoms with E-state index >= 15 is 0 Å². The summed E-state index contributed by atoms with van der Waals surface area (Å²) < 4.78 is 5.15. The molecule has 2 aliphatic rings. The summed E-state index contributed by atoms with van der Waals surface area (Å²) in [6, 6.07) is 6.57. The van der Waals surface area contributed by atoms with Gasteiger partial charge in [-0.2, -0.15) is 0 Å². The van der Waals surface area contributed by atoms with E-state index in [1.807, 2.05) is 4.90 Å². The molecule has 2 amide bonds. The molecule has 28 heavy (non-hydrogen) atoms. The molecule has 0 spiro atoms. The Balaban J connectivity index is 1.53. The van der Waals surface area contributed by atoms with Crippen molar-refractivity contribution in [2.45, 2.75) is 32.6 Å². The van der Waals surface area contributed by atoms with Gasteiger partial charge in [0.2, 0.25) is 5.91 Å². The molecule has 3 rings (SSSR count). The van der Waals surface area contributed by atoms with Gasteiger partial charge in [-0.25, -0.2) is 4.79 Å². The molecule has 0 radical (unpaired) electrons. The number of rotatable bonds is 5. The van der Waals surface area contributed by atoms with Gasteiger partial charge < -0.3 is 19.6 Å². The number of carbonyl (C=O) groups excluding carboxylic acids is 2. The van der Waals surface area contributed by atoms with E-state index in [4.69, 9.17) is 9.84 Å². The van der Waals surface area contributed by atoms with Gasteiger partial charge in [-0.3, -0.25) is 9.59 Å². The minimum Gasteiger partial charge on any atom is -0.482 e. The van der Waals surface area contributed by atoms with Crippen LogP contribution in [0, 0.1) is 11.8 Å². The molecule has 7 nitrogen and oxygen atoms in total. The largest absolute Gasteiger partial charge is 0.482 e. The monoisotopic (exact) mass is 388 g/mol. The number of piperidine rings is 2. The Morgan fingerprint density at radius 2 is 1.68 bits per heavy atom. The van der Waals surface area contributed by atoms with Crippen LogP contribution in [-0.4, -0.2) is 65.5 Å². The Kier molecular flexibility index (Phi) is 6.54. The third-order valence-electron chi connectivity index (χ3n) is 5.67. The number of benzene rings is 1. The topological polar surface area (TPSA) is 87.2 Å². The van der Waals surface area contributed by atoms with Gasteiger partial charge in [0, 0.05) is 37.7 Å². The Labute approximate surface area is 165 Å². The van der Waals surface area contributed by atoms with Gasteiger partial charge in [0.05, 0.1) is 0 Å². The van der Waals surface area contributed by atoms with E-state index in [1.54, 1.807) is 29.2 Å². The van der Waals surface area contributed by atoms with Crippen molar-refractivity contribution in [1.82, 2.24) is 9.80 Å². The molecule has 0 aromatic heterocycles. The molecule has 2 aliphatic heterocycles. The lowest BCUT2D eigenvalue weighted by molar-refractivity contribution is -0.139. The third kappa shape index (κ3) is 5.03. The third-order valence-corrected chi connectivity index (χ3v) is 5.67. The highest BCUT2D eigenvalue weighted by molar-refractivity contribution is 5.94. The van der Waals surface area contributed by atoms with Crippen molar-refractivity contribution < 1.29 is 24.2 Å².